The summed E-state index contributed by atoms with van der Waals surface area (Å²) in [5.41, 5.74) is 11.1. The predicted octanol–water partition coefficient (Wildman–Crippen LogP) is 1.03. The zero-order valence-electron chi connectivity index (χ0n) is 8.49. The zero-order chi connectivity index (χ0) is 11.0. The number of carbonyl (C=O) groups excluding carboxylic acids is 1. The van der Waals surface area contributed by atoms with E-state index in [1.165, 1.54) is 11.5 Å². The Kier molecular flexibility index (Phi) is 2.52. The molecule has 1 fully saturated rings. The van der Waals surface area contributed by atoms with E-state index in [0.717, 1.165) is 12.8 Å². The SMILES string of the molecule is CCC1CC1Nc1snc(N)c1C(N)=O. The lowest BCUT2D eigenvalue weighted by Gasteiger charge is -2.03. The molecule has 2 atom stereocenters. The number of nitrogens with zero attached hydrogens (tertiary/aromatic N) is 1. The third-order valence-electron chi connectivity index (χ3n) is 2.73. The fraction of sp³-hybridized carbons (Fsp3) is 0.556. The first kappa shape index (κ1) is 10.2. The molecule has 0 spiro atoms. The molecule has 1 heterocycles. The van der Waals surface area contributed by atoms with Crippen LogP contribution in [-0.4, -0.2) is 16.3 Å². The average Bonchev–Trinajstić information content (AvgIpc) is 2.82. The van der Waals surface area contributed by atoms with Gasteiger partial charge in [-0.2, -0.15) is 4.37 Å². The van der Waals surface area contributed by atoms with E-state index < -0.39 is 5.91 Å². The monoisotopic (exact) mass is 226 g/mol. The number of amides is 1. The van der Waals surface area contributed by atoms with Gasteiger partial charge in [-0.25, -0.2) is 0 Å². The quantitative estimate of drug-likeness (QED) is 0.714. The molecule has 0 bridgehead atoms. The van der Waals surface area contributed by atoms with Crippen molar-refractivity contribution in [3.05, 3.63) is 5.56 Å². The van der Waals surface area contributed by atoms with Crippen LogP contribution < -0.4 is 16.8 Å². The van der Waals surface area contributed by atoms with E-state index in [9.17, 15) is 4.79 Å². The number of carbonyl (C=O) groups is 1. The van der Waals surface area contributed by atoms with Crippen LogP contribution in [0.2, 0.25) is 0 Å². The topological polar surface area (TPSA) is 94.0 Å². The summed E-state index contributed by atoms with van der Waals surface area (Å²) in [6.07, 6.45) is 2.30. The molecule has 1 aliphatic carbocycles. The Morgan fingerprint density at radius 2 is 2.47 bits per heavy atom. The Labute approximate surface area is 92.0 Å². The summed E-state index contributed by atoms with van der Waals surface area (Å²) in [6, 6.07) is 0.452. The third-order valence-corrected chi connectivity index (χ3v) is 3.52. The maximum Gasteiger partial charge on any atom is 0.255 e. The summed E-state index contributed by atoms with van der Waals surface area (Å²) in [7, 11) is 0. The highest BCUT2D eigenvalue weighted by Crippen LogP contribution is 2.38. The van der Waals surface area contributed by atoms with Crippen LogP contribution in [0.25, 0.3) is 0 Å². The van der Waals surface area contributed by atoms with E-state index in [1.54, 1.807) is 0 Å². The van der Waals surface area contributed by atoms with Crippen molar-refractivity contribution in [2.45, 2.75) is 25.8 Å². The molecule has 5 nitrogen and oxygen atoms in total. The highest BCUT2D eigenvalue weighted by Gasteiger charge is 2.36. The number of hydrogen-bond acceptors (Lipinski definition) is 5. The smallest absolute Gasteiger partial charge is 0.255 e. The first-order chi connectivity index (χ1) is 7.13. The van der Waals surface area contributed by atoms with Gasteiger partial charge in [-0.15, -0.1) is 0 Å². The molecule has 0 saturated heterocycles. The third kappa shape index (κ3) is 1.90. The first-order valence-corrected chi connectivity index (χ1v) is 5.72. The molecule has 1 aromatic rings. The first-order valence-electron chi connectivity index (χ1n) is 4.95. The molecule has 2 unspecified atom stereocenters. The van der Waals surface area contributed by atoms with Crippen LogP contribution in [0.3, 0.4) is 0 Å². The second kappa shape index (κ2) is 3.69. The summed E-state index contributed by atoms with van der Waals surface area (Å²) >= 11 is 1.20. The summed E-state index contributed by atoms with van der Waals surface area (Å²) in [6.45, 7) is 2.16. The second-order valence-corrected chi connectivity index (χ2v) is 4.56. The molecule has 2 rings (SSSR count). The van der Waals surface area contributed by atoms with E-state index in [0.29, 0.717) is 22.5 Å². The molecule has 15 heavy (non-hydrogen) atoms. The van der Waals surface area contributed by atoms with Gasteiger partial charge in [-0.05, 0) is 23.9 Å². The minimum absolute atomic E-state index is 0.226. The van der Waals surface area contributed by atoms with Gasteiger partial charge in [0.15, 0.2) is 5.82 Å². The highest BCUT2D eigenvalue weighted by molar-refractivity contribution is 7.11. The van der Waals surface area contributed by atoms with Gasteiger partial charge in [0.05, 0.1) is 0 Å². The molecule has 0 aromatic carbocycles. The maximum absolute atomic E-state index is 11.1. The van der Waals surface area contributed by atoms with Crippen LogP contribution in [0.1, 0.15) is 30.1 Å². The van der Waals surface area contributed by atoms with E-state index >= 15 is 0 Å². The van der Waals surface area contributed by atoms with Crippen molar-refractivity contribution in [3.8, 4) is 0 Å². The lowest BCUT2D eigenvalue weighted by Crippen LogP contribution is -2.15. The van der Waals surface area contributed by atoms with Crippen LogP contribution >= 0.6 is 11.5 Å². The van der Waals surface area contributed by atoms with E-state index in [1.807, 2.05) is 0 Å². The van der Waals surface area contributed by atoms with Crippen LogP contribution in [-0.2, 0) is 0 Å². The number of anilines is 2. The van der Waals surface area contributed by atoms with Gasteiger partial charge in [0.2, 0.25) is 0 Å². The molecule has 5 N–H and O–H groups in total. The van der Waals surface area contributed by atoms with E-state index in [-0.39, 0.29) is 5.82 Å². The molecule has 1 saturated carbocycles. The summed E-state index contributed by atoms with van der Waals surface area (Å²) in [4.78, 5) is 11.1. The zero-order valence-corrected chi connectivity index (χ0v) is 9.30. The van der Waals surface area contributed by atoms with Crippen molar-refractivity contribution in [1.29, 1.82) is 0 Å². The van der Waals surface area contributed by atoms with Crippen molar-refractivity contribution in [2.75, 3.05) is 11.1 Å². The fourth-order valence-corrected chi connectivity index (χ4v) is 2.46. The number of hydrogen-bond donors (Lipinski definition) is 3. The molecule has 6 heteroatoms. The number of nitrogen functional groups attached to an aromatic ring is 1. The van der Waals surface area contributed by atoms with Crippen LogP contribution in [0.5, 0.6) is 0 Å². The Hall–Kier alpha value is -1.30. The van der Waals surface area contributed by atoms with Crippen molar-refractivity contribution in [3.63, 3.8) is 0 Å². The molecule has 82 valence electrons. The molecule has 1 amide bonds. The normalized spacial score (nSPS) is 23.8. The number of nitrogens with one attached hydrogen (secondary N) is 1. The fourth-order valence-electron chi connectivity index (χ4n) is 1.68. The average molecular weight is 226 g/mol. The molecule has 1 aromatic heterocycles. The largest absolute Gasteiger partial charge is 0.382 e. The number of nitrogens with two attached hydrogens (primary N) is 2. The van der Waals surface area contributed by atoms with Crippen molar-refractivity contribution in [2.24, 2.45) is 11.7 Å². The standard InChI is InChI=1S/C9H14N4OS/c1-2-4-3-5(4)12-9-6(8(11)14)7(10)13-15-9/h4-5,12H,2-3H2,1H3,(H2,10,13)(H2,11,14). The Balaban J connectivity index is 2.12. The lowest BCUT2D eigenvalue weighted by atomic mass is 10.3. The highest BCUT2D eigenvalue weighted by atomic mass is 32.1. The van der Waals surface area contributed by atoms with Gasteiger partial charge < -0.3 is 16.8 Å². The van der Waals surface area contributed by atoms with E-state index in [2.05, 4.69) is 16.6 Å². The second-order valence-electron chi connectivity index (χ2n) is 3.79. The molecule has 0 aliphatic heterocycles. The van der Waals surface area contributed by atoms with Gasteiger partial charge >= 0.3 is 0 Å². The van der Waals surface area contributed by atoms with Crippen molar-refractivity contribution < 1.29 is 4.79 Å². The molecule has 0 radical (unpaired) electrons. The van der Waals surface area contributed by atoms with Gasteiger partial charge in [0.1, 0.15) is 10.6 Å². The Morgan fingerprint density at radius 3 is 3.00 bits per heavy atom. The van der Waals surface area contributed by atoms with E-state index in [4.69, 9.17) is 11.5 Å². The Bertz CT molecular complexity index is 389. The number of rotatable bonds is 4. The Morgan fingerprint density at radius 1 is 1.73 bits per heavy atom. The van der Waals surface area contributed by atoms with Gasteiger partial charge in [-0.1, -0.05) is 13.3 Å². The predicted molar refractivity (Wildman–Crippen MR) is 60.9 cm³/mol. The number of primary amides is 1. The minimum Gasteiger partial charge on any atom is -0.382 e. The van der Waals surface area contributed by atoms with Gasteiger partial charge in [0, 0.05) is 6.04 Å². The van der Waals surface area contributed by atoms with Crippen molar-refractivity contribution in [1.82, 2.24) is 4.37 Å². The summed E-state index contributed by atoms with van der Waals surface area (Å²) in [5, 5.41) is 3.97. The minimum atomic E-state index is -0.516. The van der Waals surface area contributed by atoms with Crippen LogP contribution in [0, 0.1) is 5.92 Å². The maximum atomic E-state index is 11.1. The van der Waals surface area contributed by atoms with Gasteiger partial charge in [-0.3, -0.25) is 4.79 Å². The van der Waals surface area contributed by atoms with Crippen LogP contribution in [0.4, 0.5) is 10.8 Å². The van der Waals surface area contributed by atoms with Gasteiger partial charge in [0.25, 0.3) is 5.91 Å². The van der Waals surface area contributed by atoms with Crippen molar-refractivity contribution >= 4 is 28.3 Å². The lowest BCUT2D eigenvalue weighted by molar-refractivity contribution is 0.100. The molecular formula is C9H14N4OS. The summed E-state index contributed by atoms with van der Waals surface area (Å²) in [5.74, 6) is 0.412. The summed E-state index contributed by atoms with van der Waals surface area (Å²) < 4.78 is 3.93. The molecular weight excluding hydrogens is 212 g/mol. The molecule has 1 aliphatic rings. The van der Waals surface area contributed by atoms with Crippen LogP contribution in [0.15, 0.2) is 0 Å². The number of aromatic nitrogens is 1.